The zero-order valence-electron chi connectivity index (χ0n) is 11.7. The summed E-state index contributed by atoms with van der Waals surface area (Å²) in [6.45, 7) is 9.77. The van der Waals surface area contributed by atoms with E-state index >= 15 is 0 Å². The van der Waals surface area contributed by atoms with Gasteiger partial charge in [-0.15, -0.1) is 0 Å². The second-order valence-electron chi connectivity index (χ2n) is 6.62. The molecule has 3 rings (SSSR count). The number of hydrogen-bond donors (Lipinski definition) is 0. The van der Waals surface area contributed by atoms with Gasteiger partial charge in [0.1, 0.15) is 5.54 Å². The zero-order valence-corrected chi connectivity index (χ0v) is 11.7. The fourth-order valence-corrected chi connectivity index (χ4v) is 4.30. The summed E-state index contributed by atoms with van der Waals surface area (Å²) in [6, 6.07) is 10.4. The Labute approximate surface area is 109 Å². The molecule has 0 N–H and O–H groups in total. The van der Waals surface area contributed by atoms with Crippen LogP contribution >= 0.6 is 0 Å². The number of ketones is 1. The summed E-state index contributed by atoms with van der Waals surface area (Å²) < 4.78 is 0. The number of rotatable bonds is 1. The molecule has 2 aliphatic rings. The van der Waals surface area contributed by atoms with Crippen LogP contribution in [0.3, 0.4) is 0 Å². The van der Waals surface area contributed by atoms with Crippen molar-refractivity contribution in [1.82, 2.24) is 0 Å². The fraction of sp³-hybridized carbons (Fsp3) is 0.562. The van der Waals surface area contributed by atoms with Crippen molar-refractivity contribution < 1.29 is 4.79 Å². The largest absolute Gasteiger partial charge is 0.357 e. The van der Waals surface area contributed by atoms with Crippen LogP contribution in [0, 0.1) is 10.8 Å². The summed E-state index contributed by atoms with van der Waals surface area (Å²) in [4.78, 5) is 14.9. The minimum atomic E-state index is -0.290. The van der Waals surface area contributed by atoms with Gasteiger partial charge in [0.2, 0.25) is 0 Å². The number of anilines is 1. The van der Waals surface area contributed by atoms with Crippen LogP contribution in [-0.2, 0) is 4.79 Å². The Morgan fingerprint density at radius 2 is 1.56 bits per heavy atom. The minimum Gasteiger partial charge on any atom is -0.357 e. The van der Waals surface area contributed by atoms with E-state index in [2.05, 4.69) is 44.7 Å². The van der Waals surface area contributed by atoms with Gasteiger partial charge in [-0.1, -0.05) is 45.9 Å². The summed E-state index contributed by atoms with van der Waals surface area (Å²) in [5.74, 6) is 0.418. The lowest BCUT2D eigenvalue weighted by molar-refractivity contribution is -0.120. The van der Waals surface area contributed by atoms with Crippen molar-refractivity contribution in [3.8, 4) is 0 Å². The molecule has 0 aromatic heterocycles. The first-order valence-corrected chi connectivity index (χ1v) is 6.73. The van der Waals surface area contributed by atoms with E-state index in [9.17, 15) is 4.79 Å². The number of nitrogens with zero attached hydrogens (tertiary/aromatic N) is 1. The smallest absolute Gasteiger partial charge is 0.161 e. The van der Waals surface area contributed by atoms with Gasteiger partial charge in [-0.3, -0.25) is 4.79 Å². The van der Waals surface area contributed by atoms with Gasteiger partial charge in [-0.05, 0) is 12.1 Å². The number of benzene rings is 1. The summed E-state index contributed by atoms with van der Waals surface area (Å²) in [5, 5.41) is 0. The Bertz CT molecular complexity index is 487. The van der Waals surface area contributed by atoms with Gasteiger partial charge in [-0.25, -0.2) is 0 Å². The maximum absolute atomic E-state index is 12.5. The van der Waals surface area contributed by atoms with Crippen molar-refractivity contribution in [2.45, 2.75) is 39.7 Å². The van der Waals surface area contributed by atoms with E-state index in [-0.39, 0.29) is 16.4 Å². The molecule has 2 heteroatoms. The van der Waals surface area contributed by atoms with Gasteiger partial charge >= 0.3 is 0 Å². The van der Waals surface area contributed by atoms with Gasteiger partial charge in [0.25, 0.3) is 0 Å². The van der Waals surface area contributed by atoms with Crippen LogP contribution < -0.4 is 4.90 Å². The molecule has 1 aliphatic heterocycles. The molecule has 1 heterocycles. The van der Waals surface area contributed by atoms with E-state index < -0.39 is 0 Å². The van der Waals surface area contributed by atoms with Crippen LogP contribution in [-0.4, -0.2) is 17.9 Å². The number of Topliss-reactive ketones (excluding diaryl/α,β-unsaturated/α-hetero) is 1. The number of hydrogen-bond acceptors (Lipinski definition) is 2. The molecule has 1 spiro atoms. The molecule has 18 heavy (non-hydrogen) atoms. The third-order valence-corrected chi connectivity index (χ3v) is 5.75. The molecule has 0 unspecified atom stereocenters. The van der Waals surface area contributed by atoms with Crippen molar-refractivity contribution >= 4 is 11.5 Å². The molecule has 2 nitrogen and oxygen atoms in total. The minimum absolute atomic E-state index is 0.0451. The maximum Gasteiger partial charge on any atom is 0.161 e. The first-order valence-electron chi connectivity index (χ1n) is 6.73. The van der Waals surface area contributed by atoms with E-state index in [4.69, 9.17) is 0 Å². The lowest BCUT2D eigenvalue weighted by atomic mass is 10.0. The SMILES string of the molecule is CC1(C)C(C)(C)C12C(=O)CCN2c1ccccc1. The molecule has 1 saturated carbocycles. The van der Waals surface area contributed by atoms with E-state index in [1.165, 1.54) is 5.69 Å². The Hall–Kier alpha value is -1.31. The van der Waals surface area contributed by atoms with E-state index in [0.29, 0.717) is 12.2 Å². The Morgan fingerprint density at radius 3 is 2.06 bits per heavy atom. The molecular formula is C16H21NO. The Kier molecular flexibility index (Phi) is 2.07. The highest BCUT2D eigenvalue weighted by atomic mass is 16.1. The van der Waals surface area contributed by atoms with Crippen LogP contribution in [0.1, 0.15) is 34.1 Å². The molecule has 0 atom stereocenters. The standard InChI is InChI=1S/C16H21NO/c1-14(2)15(3,4)16(14)13(18)10-11-17(16)12-8-6-5-7-9-12/h5-9H,10-11H2,1-4H3. The quantitative estimate of drug-likeness (QED) is 0.754. The van der Waals surface area contributed by atoms with E-state index in [1.807, 2.05) is 18.2 Å². The average molecular weight is 243 g/mol. The fourth-order valence-electron chi connectivity index (χ4n) is 4.30. The third-order valence-electron chi connectivity index (χ3n) is 5.75. The van der Waals surface area contributed by atoms with Crippen molar-refractivity contribution in [3.05, 3.63) is 30.3 Å². The second kappa shape index (κ2) is 3.17. The van der Waals surface area contributed by atoms with E-state index in [1.54, 1.807) is 0 Å². The summed E-state index contributed by atoms with van der Waals surface area (Å²) in [6.07, 6.45) is 0.682. The van der Waals surface area contributed by atoms with Crippen LogP contribution in [0.2, 0.25) is 0 Å². The van der Waals surface area contributed by atoms with Crippen LogP contribution in [0.4, 0.5) is 5.69 Å². The second-order valence-corrected chi connectivity index (χ2v) is 6.62. The molecule has 2 fully saturated rings. The average Bonchev–Trinajstić information content (AvgIpc) is 2.64. The van der Waals surface area contributed by atoms with Gasteiger partial charge in [0, 0.05) is 29.5 Å². The number of carbonyl (C=O) groups is 1. The van der Waals surface area contributed by atoms with Crippen LogP contribution in [0.5, 0.6) is 0 Å². The predicted octanol–water partition coefficient (Wildman–Crippen LogP) is 3.27. The molecule has 1 aromatic rings. The lowest BCUT2D eigenvalue weighted by Gasteiger charge is -2.30. The normalized spacial score (nSPS) is 26.7. The van der Waals surface area contributed by atoms with Gasteiger partial charge in [-0.2, -0.15) is 0 Å². The molecule has 1 aromatic carbocycles. The zero-order chi connectivity index (χ0) is 13.2. The predicted molar refractivity (Wildman–Crippen MR) is 73.7 cm³/mol. The topological polar surface area (TPSA) is 20.3 Å². The first-order chi connectivity index (χ1) is 8.37. The van der Waals surface area contributed by atoms with Crippen molar-refractivity contribution in [3.63, 3.8) is 0 Å². The van der Waals surface area contributed by atoms with Crippen LogP contribution in [0.25, 0.3) is 0 Å². The third kappa shape index (κ3) is 0.992. The summed E-state index contributed by atoms with van der Waals surface area (Å²) in [5.41, 5.74) is 0.982. The summed E-state index contributed by atoms with van der Waals surface area (Å²) >= 11 is 0. The van der Waals surface area contributed by atoms with E-state index in [0.717, 1.165) is 6.54 Å². The molecular weight excluding hydrogens is 222 g/mol. The van der Waals surface area contributed by atoms with Crippen molar-refractivity contribution in [2.75, 3.05) is 11.4 Å². The summed E-state index contributed by atoms with van der Waals surface area (Å²) in [7, 11) is 0. The van der Waals surface area contributed by atoms with Gasteiger partial charge < -0.3 is 4.90 Å². The Morgan fingerprint density at radius 1 is 1.00 bits per heavy atom. The molecule has 0 radical (unpaired) electrons. The van der Waals surface area contributed by atoms with Crippen molar-refractivity contribution in [2.24, 2.45) is 10.8 Å². The first kappa shape index (κ1) is 11.8. The molecule has 1 saturated heterocycles. The molecule has 0 amide bonds. The number of carbonyl (C=O) groups excluding carboxylic acids is 1. The number of para-hydroxylation sites is 1. The Balaban J connectivity index is 2.12. The highest BCUT2D eigenvalue weighted by Crippen LogP contribution is 2.76. The highest BCUT2D eigenvalue weighted by molar-refractivity contribution is 6.02. The van der Waals surface area contributed by atoms with Gasteiger partial charge in [0.15, 0.2) is 5.78 Å². The molecule has 1 aliphatic carbocycles. The molecule has 96 valence electrons. The maximum atomic E-state index is 12.5. The monoisotopic (exact) mass is 243 g/mol. The molecule has 0 bridgehead atoms. The van der Waals surface area contributed by atoms with Crippen LogP contribution in [0.15, 0.2) is 30.3 Å². The highest BCUT2D eigenvalue weighted by Gasteiger charge is 2.84. The van der Waals surface area contributed by atoms with Gasteiger partial charge in [0.05, 0.1) is 0 Å². The van der Waals surface area contributed by atoms with Crippen molar-refractivity contribution in [1.29, 1.82) is 0 Å². The lowest BCUT2D eigenvalue weighted by Crippen LogP contribution is -2.42.